The van der Waals surface area contributed by atoms with Gasteiger partial charge in [-0.1, -0.05) is 6.07 Å². The average Bonchev–Trinajstić information content (AvgIpc) is 2.12. The summed E-state index contributed by atoms with van der Waals surface area (Å²) in [6, 6.07) is 2.15. The quantitative estimate of drug-likeness (QED) is 0.643. The first kappa shape index (κ1) is 13.4. The van der Waals surface area contributed by atoms with Gasteiger partial charge in [-0.05, 0) is 18.6 Å². The summed E-state index contributed by atoms with van der Waals surface area (Å²) >= 11 is 0. The number of hydrogen-bond acceptors (Lipinski definition) is 1. The van der Waals surface area contributed by atoms with E-state index in [1.165, 1.54) is 0 Å². The minimum Gasteiger partial charge on any atom is -0.192 e. The monoisotopic (exact) mass is 253 g/mol. The van der Waals surface area contributed by atoms with Crippen LogP contribution in [-0.4, -0.2) is 0 Å². The van der Waals surface area contributed by atoms with Crippen molar-refractivity contribution in [2.24, 2.45) is 0 Å². The Balaban J connectivity index is 3.68. The third kappa shape index (κ3) is 2.52. The normalized spacial score (nSPS) is 12.4. The second-order valence-electron chi connectivity index (χ2n) is 3.29. The van der Waals surface area contributed by atoms with Gasteiger partial charge in [0.15, 0.2) is 0 Å². The summed E-state index contributed by atoms with van der Waals surface area (Å²) < 4.78 is 74.9. The van der Waals surface area contributed by atoms with E-state index in [0.717, 1.165) is 13.0 Å². The van der Waals surface area contributed by atoms with Gasteiger partial charge in [-0.25, -0.2) is 0 Å². The molecule has 1 rings (SSSR count). The molecule has 0 bridgehead atoms. The largest absolute Gasteiger partial charge is 0.417 e. The second-order valence-corrected chi connectivity index (χ2v) is 3.29. The third-order valence-corrected chi connectivity index (χ3v) is 2.11. The smallest absolute Gasteiger partial charge is 0.192 e. The predicted molar refractivity (Wildman–Crippen MR) is 45.9 cm³/mol. The average molecular weight is 253 g/mol. The van der Waals surface area contributed by atoms with Crippen molar-refractivity contribution in [2.45, 2.75) is 19.3 Å². The fourth-order valence-electron chi connectivity index (χ4n) is 1.42. The van der Waals surface area contributed by atoms with E-state index in [-0.39, 0.29) is 0 Å². The molecule has 0 heterocycles. The summed E-state index contributed by atoms with van der Waals surface area (Å²) in [6.07, 6.45) is -9.98. The molecule has 7 heteroatoms. The Morgan fingerprint density at radius 2 is 1.53 bits per heavy atom. The molecular formula is C10H5F6N. The molecule has 1 aromatic rings. The Bertz CT molecular complexity index is 477. The molecule has 0 aliphatic heterocycles. The van der Waals surface area contributed by atoms with Crippen LogP contribution in [0, 0.1) is 18.3 Å². The number of halogens is 6. The minimum absolute atomic E-state index is 0.415. The van der Waals surface area contributed by atoms with Crippen LogP contribution in [0.4, 0.5) is 26.3 Å². The van der Waals surface area contributed by atoms with Crippen LogP contribution in [-0.2, 0) is 12.4 Å². The van der Waals surface area contributed by atoms with Gasteiger partial charge in [-0.15, -0.1) is 0 Å². The fraction of sp³-hybridized carbons (Fsp3) is 0.300. The highest BCUT2D eigenvalue weighted by atomic mass is 19.4. The molecule has 1 nitrogen and oxygen atoms in total. The number of hydrogen-bond donors (Lipinski definition) is 0. The van der Waals surface area contributed by atoms with E-state index in [1.807, 2.05) is 0 Å². The van der Waals surface area contributed by atoms with Gasteiger partial charge in [0.2, 0.25) is 0 Å². The lowest BCUT2D eigenvalue weighted by molar-refractivity contribution is -0.143. The van der Waals surface area contributed by atoms with Gasteiger partial charge in [0.05, 0.1) is 16.7 Å². The zero-order valence-electron chi connectivity index (χ0n) is 8.37. The van der Waals surface area contributed by atoms with Gasteiger partial charge >= 0.3 is 12.4 Å². The summed E-state index contributed by atoms with van der Waals surface area (Å²) in [5.41, 5.74) is -4.90. The summed E-state index contributed by atoms with van der Waals surface area (Å²) in [5, 5.41) is 8.50. The highest BCUT2D eigenvalue weighted by Gasteiger charge is 2.41. The Kier molecular flexibility index (Phi) is 3.10. The molecule has 0 saturated carbocycles. The fourth-order valence-corrected chi connectivity index (χ4v) is 1.42. The van der Waals surface area contributed by atoms with Crippen LogP contribution in [0.5, 0.6) is 0 Å². The molecule has 0 aromatic heterocycles. The number of nitriles is 1. The van der Waals surface area contributed by atoms with E-state index in [4.69, 9.17) is 5.26 Å². The number of alkyl halides is 6. The summed E-state index contributed by atoms with van der Waals surface area (Å²) in [7, 11) is 0. The first-order valence-corrected chi connectivity index (χ1v) is 4.27. The van der Waals surface area contributed by atoms with Gasteiger partial charge in [0.25, 0.3) is 0 Å². The zero-order valence-corrected chi connectivity index (χ0v) is 8.37. The van der Waals surface area contributed by atoms with E-state index < -0.39 is 34.6 Å². The summed E-state index contributed by atoms with van der Waals surface area (Å²) in [6.45, 7) is 1.00. The van der Waals surface area contributed by atoms with Crippen LogP contribution in [0.2, 0.25) is 0 Å². The van der Waals surface area contributed by atoms with Crippen molar-refractivity contribution in [2.75, 3.05) is 0 Å². The van der Waals surface area contributed by atoms with Crippen LogP contribution in [0.15, 0.2) is 12.1 Å². The van der Waals surface area contributed by atoms with Gasteiger partial charge < -0.3 is 0 Å². The number of nitrogens with zero attached hydrogens (tertiary/aromatic N) is 1. The van der Waals surface area contributed by atoms with Gasteiger partial charge in [-0.2, -0.15) is 31.6 Å². The molecule has 0 aliphatic carbocycles. The molecule has 0 N–H and O–H groups in total. The molecule has 0 radical (unpaired) electrons. The highest BCUT2D eigenvalue weighted by molar-refractivity contribution is 5.50. The highest BCUT2D eigenvalue weighted by Crippen LogP contribution is 2.40. The minimum atomic E-state index is -4.99. The number of benzene rings is 1. The Morgan fingerprint density at radius 1 is 1.00 bits per heavy atom. The van der Waals surface area contributed by atoms with Gasteiger partial charge in [0, 0.05) is 0 Å². The van der Waals surface area contributed by atoms with Crippen molar-refractivity contribution in [3.05, 3.63) is 34.4 Å². The van der Waals surface area contributed by atoms with Crippen molar-refractivity contribution in [3.8, 4) is 6.07 Å². The SMILES string of the molecule is Cc1ccc(C(F)(F)F)c(C#N)c1C(F)(F)F. The van der Waals surface area contributed by atoms with Gasteiger partial charge in [-0.3, -0.25) is 0 Å². The molecule has 0 unspecified atom stereocenters. The topological polar surface area (TPSA) is 23.8 Å². The van der Waals surface area contributed by atoms with Crippen LogP contribution in [0.3, 0.4) is 0 Å². The van der Waals surface area contributed by atoms with E-state index in [2.05, 4.69) is 0 Å². The van der Waals surface area contributed by atoms with Crippen molar-refractivity contribution < 1.29 is 26.3 Å². The maximum Gasteiger partial charge on any atom is 0.417 e. The molecule has 0 aliphatic rings. The molecular weight excluding hydrogens is 248 g/mol. The Morgan fingerprint density at radius 3 is 1.88 bits per heavy atom. The molecule has 0 fully saturated rings. The van der Waals surface area contributed by atoms with Crippen molar-refractivity contribution in [1.29, 1.82) is 5.26 Å². The second kappa shape index (κ2) is 3.95. The van der Waals surface area contributed by atoms with Crippen molar-refractivity contribution in [1.82, 2.24) is 0 Å². The Labute approximate surface area is 92.3 Å². The maximum atomic E-state index is 12.5. The molecule has 92 valence electrons. The van der Waals surface area contributed by atoms with E-state index in [0.29, 0.717) is 12.1 Å². The summed E-state index contributed by atoms with van der Waals surface area (Å²) in [4.78, 5) is 0. The van der Waals surface area contributed by atoms with Crippen LogP contribution in [0.1, 0.15) is 22.3 Å². The number of aryl methyl sites for hydroxylation is 1. The molecule has 0 amide bonds. The maximum absolute atomic E-state index is 12.5. The third-order valence-electron chi connectivity index (χ3n) is 2.11. The summed E-state index contributed by atoms with van der Waals surface area (Å²) in [5.74, 6) is 0. The van der Waals surface area contributed by atoms with E-state index in [1.54, 1.807) is 0 Å². The van der Waals surface area contributed by atoms with Crippen LogP contribution in [0.25, 0.3) is 0 Å². The lowest BCUT2D eigenvalue weighted by Crippen LogP contribution is -2.16. The van der Waals surface area contributed by atoms with Gasteiger partial charge in [0.1, 0.15) is 6.07 Å². The van der Waals surface area contributed by atoms with Crippen molar-refractivity contribution in [3.63, 3.8) is 0 Å². The van der Waals surface area contributed by atoms with Crippen LogP contribution >= 0.6 is 0 Å². The first-order chi connectivity index (χ1) is 7.59. The van der Waals surface area contributed by atoms with Crippen LogP contribution < -0.4 is 0 Å². The Hall–Kier alpha value is -1.71. The molecule has 0 atom stereocenters. The first-order valence-electron chi connectivity index (χ1n) is 4.27. The van der Waals surface area contributed by atoms with E-state index in [9.17, 15) is 26.3 Å². The molecule has 17 heavy (non-hydrogen) atoms. The molecule has 1 aromatic carbocycles. The predicted octanol–water partition coefficient (Wildman–Crippen LogP) is 3.90. The molecule has 0 spiro atoms. The number of rotatable bonds is 0. The lowest BCUT2D eigenvalue weighted by atomic mass is 9.96. The standard InChI is InChI=1S/C10H5F6N/c1-5-2-3-7(9(11,12)13)6(4-17)8(5)10(14,15)16/h2-3H,1H3. The zero-order chi connectivity index (χ0) is 13.4. The van der Waals surface area contributed by atoms with Crippen molar-refractivity contribution >= 4 is 0 Å². The molecule has 0 saturated heterocycles. The lowest BCUT2D eigenvalue weighted by Gasteiger charge is -2.16. The van der Waals surface area contributed by atoms with E-state index >= 15 is 0 Å².